The second-order valence-electron chi connectivity index (χ2n) is 10.1. The number of halogens is 2. The molecule has 4 atom stereocenters. The molecule has 0 bridgehead atoms. The maximum atomic E-state index is 6.51. The molecule has 36 heavy (non-hydrogen) atoms. The predicted molar refractivity (Wildman–Crippen MR) is 146 cm³/mol. The molecule has 0 radical (unpaired) electrons. The highest BCUT2D eigenvalue weighted by Gasteiger charge is 2.37. The van der Waals surface area contributed by atoms with E-state index in [0.29, 0.717) is 12.1 Å². The first-order valence-electron chi connectivity index (χ1n) is 13.2. The molecule has 2 aliphatic rings. The third-order valence-electron chi connectivity index (χ3n) is 7.82. The van der Waals surface area contributed by atoms with Gasteiger partial charge >= 0.3 is 0 Å². The molecule has 9 heteroatoms. The van der Waals surface area contributed by atoms with Crippen LogP contribution in [0.5, 0.6) is 0 Å². The molecule has 2 aliphatic heterocycles. The third kappa shape index (κ3) is 4.95. The standard InChI is InChI=1S/C27H36Cl2N6O/c1-5-21-15-33(17(3)14-35(21)23(6-2)19-9-11-20(28)12-10-19)25-24-26(32-27(29)31-25)34(18(4)30-24)16-22-8-7-13-36-22/h9-12,17,21-23H,5-8,13-16H2,1-4H3/t17-,21+,22-,23?/m0/s1. The van der Waals surface area contributed by atoms with Crippen LogP contribution in [0.4, 0.5) is 5.82 Å². The Kier molecular flexibility index (Phi) is 7.73. The summed E-state index contributed by atoms with van der Waals surface area (Å²) in [5, 5.41) is 1.04. The number of fused-ring (bicyclic) bond motifs is 1. The Hall–Kier alpha value is -1.93. The molecule has 2 saturated heterocycles. The smallest absolute Gasteiger partial charge is 0.226 e. The normalized spacial score (nSPS) is 24.1. The molecule has 1 aromatic carbocycles. The summed E-state index contributed by atoms with van der Waals surface area (Å²) in [6.07, 6.45) is 4.45. The number of benzene rings is 1. The maximum absolute atomic E-state index is 6.51. The molecule has 1 unspecified atom stereocenters. The van der Waals surface area contributed by atoms with Crippen LogP contribution in [-0.4, -0.2) is 62.3 Å². The maximum Gasteiger partial charge on any atom is 0.226 e. The highest BCUT2D eigenvalue weighted by atomic mass is 35.5. The fourth-order valence-electron chi connectivity index (χ4n) is 5.93. The van der Waals surface area contributed by atoms with Crippen LogP contribution in [0.15, 0.2) is 24.3 Å². The summed E-state index contributed by atoms with van der Waals surface area (Å²) in [6.45, 7) is 12.2. The van der Waals surface area contributed by atoms with E-state index in [1.807, 2.05) is 19.1 Å². The first kappa shape index (κ1) is 25.7. The van der Waals surface area contributed by atoms with Crippen molar-refractivity contribution < 1.29 is 4.74 Å². The molecule has 0 aliphatic carbocycles. The van der Waals surface area contributed by atoms with Crippen molar-refractivity contribution in [3.63, 3.8) is 0 Å². The van der Waals surface area contributed by atoms with Gasteiger partial charge in [-0.25, -0.2) is 4.98 Å². The minimum absolute atomic E-state index is 0.198. The highest BCUT2D eigenvalue weighted by molar-refractivity contribution is 6.30. The quantitative estimate of drug-likeness (QED) is 0.346. The molecule has 7 nitrogen and oxygen atoms in total. The highest BCUT2D eigenvalue weighted by Crippen LogP contribution is 2.35. The van der Waals surface area contributed by atoms with E-state index in [9.17, 15) is 0 Å². The largest absolute Gasteiger partial charge is 0.376 e. The Morgan fingerprint density at radius 2 is 1.86 bits per heavy atom. The zero-order chi connectivity index (χ0) is 25.4. The summed E-state index contributed by atoms with van der Waals surface area (Å²) < 4.78 is 8.04. The van der Waals surface area contributed by atoms with Crippen LogP contribution in [0, 0.1) is 6.92 Å². The van der Waals surface area contributed by atoms with Gasteiger partial charge in [0.25, 0.3) is 0 Å². The van der Waals surface area contributed by atoms with Gasteiger partial charge < -0.3 is 14.2 Å². The molecule has 4 heterocycles. The van der Waals surface area contributed by atoms with Crippen LogP contribution < -0.4 is 4.90 Å². The summed E-state index contributed by atoms with van der Waals surface area (Å²) in [5.74, 6) is 1.76. The van der Waals surface area contributed by atoms with E-state index in [-0.39, 0.29) is 17.4 Å². The predicted octanol–water partition coefficient (Wildman–Crippen LogP) is 6.06. The Bertz CT molecular complexity index is 1190. The molecule has 2 fully saturated rings. The first-order valence-corrected chi connectivity index (χ1v) is 13.9. The zero-order valence-electron chi connectivity index (χ0n) is 21.6. The first-order chi connectivity index (χ1) is 17.4. The number of piperazine rings is 1. The number of anilines is 1. The van der Waals surface area contributed by atoms with E-state index in [1.165, 1.54) is 5.56 Å². The summed E-state index contributed by atoms with van der Waals surface area (Å²) in [5.41, 5.74) is 2.94. The molecular formula is C27H36Cl2N6O. The van der Waals surface area contributed by atoms with Gasteiger partial charge in [-0.2, -0.15) is 9.97 Å². The van der Waals surface area contributed by atoms with Gasteiger partial charge in [0, 0.05) is 42.8 Å². The average molecular weight is 532 g/mol. The van der Waals surface area contributed by atoms with Crippen molar-refractivity contribution in [1.29, 1.82) is 0 Å². The second kappa shape index (κ2) is 10.8. The Morgan fingerprint density at radius 3 is 2.53 bits per heavy atom. The summed E-state index contributed by atoms with van der Waals surface area (Å²) in [4.78, 5) is 19.3. The number of aromatic nitrogens is 4. The second-order valence-corrected chi connectivity index (χ2v) is 10.9. The lowest BCUT2D eigenvalue weighted by Crippen LogP contribution is -2.58. The number of aryl methyl sites for hydroxylation is 1. The summed E-state index contributed by atoms with van der Waals surface area (Å²) in [6, 6.07) is 9.28. The molecule has 194 valence electrons. The van der Waals surface area contributed by atoms with Gasteiger partial charge in [-0.05, 0) is 68.8 Å². The summed E-state index contributed by atoms with van der Waals surface area (Å²) >= 11 is 12.7. The van der Waals surface area contributed by atoms with E-state index >= 15 is 0 Å². The van der Waals surface area contributed by atoms with Gasteiger partial charge in [-0.3, -0.25) is 4.90 Å². The Morgan fingerprint density at radius 1 is 1.08 bits per heavy atom. The molecule has 3 aromatic rings. The van der Waals surface area contributed by atoms with Crippen LogP contribution in [0.25, 0.3) is 11.2 Å². The van der Waals surface area contributed by atoms with Gasteiger partial charge in [-0.1, -0.05) is 37.6 Å². The van der Waals surface area contributed by atoms with Gasteiger partial charge in [0.05, 0.1) is 12.6 Å². The number of hydrogen-bond acceptors (Lipinski definition) is 6. The van der Waals surface area contributed by atoms with Gasteiger partial charge in [0.1, 0.15) is 5.82 Å². The fraction of sp³-hybridized carbons (Fsp3) is 0.593. The number of hydrogen-bond donors (Lipinski definition) is 0. The van der Waals surface area contributed by atoms with E-state index in [2.05, 4.69) is 52.3 Å². The minimum atomic E-state index is 0.198. The van der Waals surface area contributed by atoms with Crippen molar-refractivity contribution in [2.45, 2.75) is 84.2 Å². The van der Waals surface area contributed by atoms with Crippen LogP contribution in [0.3, 0.4) is 0 Å². The van der Waals surface area contributed by atoms with Crippen LogP contribution in [-0.2, 0) is 11.3 Å². The molecule has 0 spiro atoms. The van der Waals surface area contributed by atoms with Gasteiger partial charge in [0.15, 0.2) is 17.0 Å². The number of rotatable bonds is 7. The topological polar surface area (TPSA) is 59.3 Å². The third-order valence-corrected chi connectivity index (χ3v) is 8.24. The lowest BCUT2D eigenvalue weighted by atomic mass is 9.96. The number of ether oxygens (including phenoxy) is 1. The van der Waals surface area contributed by atoms with Crippen LogP contribution >= 0.6 is 23.2 Å². The van der Waals surface area contributed by atoms with Crippen molar-refractivity contribution in [2.75, 3.05) is 24.6 Å². The number of nitrogens with zero attached hydrogens (tertiary/aromatic N) is 6. The Balaban J connectivity index is 1.46. The summed E-state index contributed by atoms with van der Waals surface area (Å²) in [7, 11) is 0. The van der Waals surface area contributed by atoms with E-state index in [4.69, 9.17) is 37.9 Å². The van der Waals surface area contributed by atoms with Gasteiger partial charge in [-0.15, -0.1) is 0 Å². The van der Waals surface area contributed by atoms with Crippen molar-refractivity contribution in [3.8, 4) is 0 Å². The molecule has 0 saturated carbocycles. The lowest BCUT2D eigenvalue weighted by Gasteiger charge is -2.48. The Labute approximate surface area is 223 Å². The van der Waals surface area contributed by atoms with E-state index < -0.39 is 0 Å². The monoisotopic (exact) mass is 530 g/mol. The fourth-order valence-corrected chi connectivity index (χ4v) is 6.22. The zero-order valence-corrected chi connectivity index (χ0v) is 23.1. The molecule has 0 amide bonds. The van der Waals surface area contributed by atoms with Crippen LogP contribution in [0.1, 0.15) is 63.9 Å². The van der Waals surface area contributed by atoms with E-state index in [0.717, 1.165) is 79.8 Å². The molecule has 0 N–H and O–H groups in total. The lowest BCUT2D eigenvalue weighted by molar-refractivity contribution is 0.0940. The average Bonchev–Trinajstić information content (AvgIpc) is 3.49. The van der Waals surface area contributed by atoms with Crippen molar-refractivity contribution in [3.05, 3.63) is 46.0 Å². The number of imidazole rings is 1. The molecular weight excluding hydrogens is 495 g/mol. The van der Waals surface area contributed by atoms with E-state index in [1.54, 1.807) is 0 Å². The van der Waals surface area contributed by atoms with Crippen molar-refractivity contribution in [2.24, 2.45) is 0 Å². The van der Waals surface area contributed by atoms with Crippen LogP contribution in [0.2, 0.25) is 10.3 Å². The minimum Gasteiger partial charge on any atom is -0.376 e. The molecule has 5 rings (SSSR count). The molecule has 2 aromatic heterocycles. The van der Waals surface area contributed by atoms with Crippen molar-refractivity contribution in [1.82, 2.24) is 24.4 Å². The van der Waals surface area contributed by atoms with Crippen molar-refractivity contribution >= 4 is 40.2 Å². The van der Waals surface area contributed by atoms with Gasteiger partial charge in [0.2, 0.25) is 5.28 Å². The SMILES string of the molecule is CCC(c1ccc(Cl)cc1)N1C[C@H](C)N(c2nc(Cl)nc3c2nc(C)n3C[C@@H]2CCCO2)C[C@H]1CC.